The van der Waals surface area contributed by atoms with Crippen LogP contribution in [0.1, 0.15) is 28.2 Å². The van der Waals surface area contributed by atoms with E-state index < -0.39 is 0 Å². The van der Waals surface area contributed by atoms with E-state index in [0.29, 0.717) is 5.56 Å². The van der Waals surface area contributed by atoms with E-state index in [-0.39, 0.29) is 11.9 Å². The van der Waals surface area contributed by atoms with Crippen molar-refractivity contribution in [3.63, 3.8) is 0 Å². The molecular weight excluding hydrogens is 320 g/mol. The normalized spacial score (nSPS) is 17.4. The Morgan fingerprint density at radius 2 is 2.12 bits per heavy atom. The van der Waals surface area contributed by atoms with Gasteiger partial charge in [-0.05, 0) is 32.4 Å². The lowest BCUT2D eigenvalue weighted by molar-refractivity contribution is 0.0939. The van der Waals surface area contributed by atoms with Gasteiger partial charge in [0.15, 0.2) is 5.65 Å². The molecule has 1 aliphatic rings. The first-order chi connectivity index (χ1) is 12.0. The fourth-order valence-corrected chi connectivity index (χ4v) is 3.33. The smallest absolute Gasteiger partial charge is 0.255 e. The molecule has 4 heterocycles. The van der Waals surface area contributed by atoms with Crippen LogP contribution in [0.2, 0.25) is 0 Å². The van der Waals surface area contributed by atoms with E-state index in [2.05, 4.69) is 30.6 Å². The molecule has 3 aromatic heterocycles. The van der Waals surface area contributed by atoms with Crippen LogP contribution in [0, 0.1) is 13.8 Å². The molecule has 1 N–H and O–H groups in total. The maximum Gasteiger partial charge on any atom is 0.255 e. The van der Waals surface area contributed by atoms with E-state index in [1.807, 2.05) is 33.0 Å². The van der Waals surface area contributed by atoms with Gasteiger partial charge in [0.25, 0.3) is 5.91 Å². The number of aromatic nitrogens is 6. The van der Waals surface area contributed by atoms with Crippen LogP contribution < -0.4 is 10.2 Å². The second-order valence-corrected chi connectivity index (χ2v) is 6.40. The number of amides is 1. The molecule has 0 aliphatic carbocycles. The average molecular weight is 340 g/mol. The number of hydrogen-bond acceptors (Lipinski definition) is 6. The van der Waals surface area contributed by atoms with Crippen LogP contribution >= 0.6 is 0 Å². The third-order valence-corrected chi connectivity index (χ3v) is 4.73. The molecule has 9 nitrogen and oxygen atoms in total. The number of nitrogens with one attached hydrogen (secondary N) is 1. The molecule has 130 valence electrons. The Morgan fingerprint density at radius 3 is 2.88 bits per heavy atom. The average Bonchev–Trinajstić information content (AvgIpc) is 3.27. The van der Waals surface area contributed by atoms with Gasteiger partial charge in [0.05, 0.1) is 11.3 Å². The quantitative estimate of drug-likeness (QED) is 0.746. The zero-order valence-corrected chi connectivity index (χ0v) is 14.5. The minimum Gasteiger partial charge on any atom is -0.353 e. The fraction of sp³-hybridized carbons (Fsp3) is 0.438. The molecule has 0 radical (unpaired) electrons. The maximum atomic E-state index is 12.6. The van der Waals surface area contributed by atoms with Gasteiger partial charge in [-0.1, -0.05) is 0 Å². The summed E-state index contributed by atoms with van der Waals surface area (Å²) < 4.78 is 3.40. The van der Waals surface area contributed by atoms with Gasteiger partial charge >= 0.3 is 0 Å². The Morgan fingerprint density at radius 1 is 1.28 bits per heavy atom. The predicted molar refractivity (Wildman–Crippen MR) is 91.5 cm³/mol. The lowest BCUT2D eigenvalue weighted by Crippen LogP contribution is -2.37. The number of carbonyl (C=O) groups excluding carboxylic acids is 1. The standard InChI is InChI=1S/C16H20N8O/c1-10-15(11(2)22(3)20-10)16(25)18-12-6-7-23(8-12)14-5-4-13-19-17-9-24(13)21-14/h4-5,9,12H,6-8H2,1-3H3,(H,18,25)/t12-/m0/s1. The third kappa shape index (κ3) is 2.71. The Balaban J connectivity index is 1.46. The first kappa shape index (κ1) is 15.6. The zero-order chi connectivity index (χ0) is 17.6. The summed E-state index contributed by atoms with van der Waals surface area (Å²) >= 11 is 0. The number of anilines is 1. The molecule has 1 saturated heterocycles. The molecule has 0 spiro atoms. The van der Waals surface area contributed by atoms with Gasteiger partial charge in [0.2, 0.25) is 0 Å². The molecular formula is C16H20N8O. The number of rotatable bonds is 3. The summed E-state index contributed by atoms with van der Waals surface area (Å²) in [5.41, 5.74) is 3.02. The summed E-state index contributed by atoms with van der Waals surface area (Å²) in [5.74, 6) is 0.801. The summed E-state index contributed by atoms with van der Waals surface area (Å²) in [4.78, 5) is 14.8. The summed E-state index contributed by atoms with van der Waals surface area (Å²) in [6.07, 6.45) is 2.47. The van der Waals surface area contributed by atoms with Gasteiger partial charge in [-0.2, -0.15) is 9.61 Å². The van der Waals surface area contributed by atoms with Crippen molar-refractivity contribution in [1.29, 1.82) is 0 Å². The highest BCUT2D eigenvalue weighted by Crippen LogP contribution is 2.19. The molecule has 4 rings (SSSR count). The molecule has 1 fully saturated rings. The lowest BCUT2D eigenvalue weighted by Gasteiger charge is -2.17. The van der Waals surface area contributed by atoms with Crippen molar-refractivity contribution in [3.8, 4) is 0 Å². The van der Waals surface area contributed by atoms with Crippen molar-refractivity contribution in [2.45, 2.75) is 26.3 Å². The summed E-state index contributed by atoms with van der Waals surface area (Å²) in [6, 6.07) is 3.91. The predicted octanol–water partition coefficient (Wildman–Crippen LogP) is 0.483. The number of nitrogens with zero attached hydrogens (tertiary/aromatic N) is 7. The van der Waals surface area contributed by atoms with E-state index in [1.54, 1.807) is 15.5 Å². The van der Waals surface area contributed by atoms with Crippen LogP contribution in [-0.2, 0) is 7.05 Å². The van der Waals surface area contributed by atoms with Crippen molar-refractivity contribution >= 4 is 17.4 Å². The molecule has 0 saturated carbocycles. The van der Waals surface area contributed by atoms with E-state index in [9.17, 15) is 4.79 Å². The molecule has 25 heavy (non-hydrogen) atoms. The summed E-state index contributed by atoms with van der Waals surface area (Å²) in [6.45, 7) is 5.34. The van der Waals surface area contributed by atoms with Crippen molar-refractivity contribution in [3.05, 3.63) is 35.4 Å². The van der Waals surface area contributed by atoms with Crippen molar-refractivity contribution in [1.82, 2.24) is 34.9 Å². The van der Waals surface area contributed by atoms with Gasteiger partial charge < -0.3 is 10.2 Å². The minimum atomic E-state index is -0.0582. The van der Waals surface area contributed by atoms with Gasteiger partial charge in [0.1, 0.15) is 12.1 Å². The van der Waals surface area contributed by atoms with Crippen LogP contribution in [0.3, 0.4) is 0 Å². The maximum absolute atomic E-state index is 12.6. The highest BCUT2D eigenvalue weighted by Gasteiger charge is 2.27. The number of fused-ring (bicyclic) bond motifs is 1. The van der Waals surface area contributed by atoms with Crippen LogP contribution in [0.25, 0.3) is 5.65 Å². The third-order valence-electron chi connectivity index (χ3n) is 4.73. The molecule has 0 bridgehead atoms. The summed E-state index contributed by atoms with van der Waals surface area (Å²) in [5, 5.41) is 19.8. The van der Waals surface area contributed by atoms with Crippen LogP contribution in [0.5, 0.6) is 0 Å². The van der Waals surface area contributed by atoms with Gasteiger partial charge in [0, 0.05) is 31.9 Å². The molecule has 1 amide bonds. The fourth-order valence-electron chi connectivity index (χ4n) is 3.33. The molecule has 1 atom stereocenters. The second-order valence-electron chi connectivity index (χ2n) is 6.40. The van der Waals surface area contributed by atoms with Crippen molar-refractivity contribution in [2.24, 2.45) is 7.05 Å². The van der Waals surface area contributed by atoms with Gasteiger partial charge in [-0.15, -0.1) is 15.3 Å². The second kappa shape index (κ2) is 5.83. The van der Waals surface area contributed by atoms with E-state index in [4.69, 9.17) is 0 Å². The summed E-state index contributed by atoms with van der Waals surface area (Å²) in [7, 11) is 1.85. The number of aryl methyl sites for hydroxylation is 2. The Kier molecular flexibility index (Phi) is 3.63. The van der Waals surface area contributed by atoms with Crippen LogP contribution in [-0.4, -0.2) is 54.6 Å². The van der Waals surface area contributed by atoms with E-state index >= 15 is 0 Å². The first-order valence-electron chi connectivity index (χ1n) is 8.26. The van der Waals surface area contributed by atoms with Crippen LogP contribution in [0.15, 0.2) is 18.5 Å². The van der Waals surface area contributed by atoms with Gasteiger partial charge in [-0.25, -0.2) is 0 Å². The Hall–Kier alpha value is -2.97. The van der Waals surface area contributed by atoms with Crippen molar-refractivity contribution in [2.75, 3.05) is 18.0 Å². The van der Waals surface area contributed by atoms with Crippen molar-refractivity contribution < 1.29 is 4.79 Å². The molecule has 1 aliphatic heterocycles. The zero-order valence-electron chi connectivity index (χ0n) is 14.5. The molecule has 0 unspecified atom stereocenters. The molecule has 9 heteroatoms. The Labute approximate surface area is 144 Å². The van der Waals surface area contributed by atoms with E-state index in [1.165, 1.54) is 0 Å². The molecule has 3 aromatic rings. The highest BCUT2D eigenvalue weighted by molar-refractivity contribution is 5.96. The first-order valence-corrected chi connectivity index (χ1v) is 8.26. The topological polar surface area (TPSA) is 93.2 Å². The van der Waals surface area contributed by atoms with E-state index in [0.717, 1.165) is 42.4 Å². The monoisotopic (exact) mass is 340 g/mol. The van der Waals surface area contributed by atoms with Crippen LogP contribution in [0.4, 0.5) is 5.82 Å². The Bertz CT molecular complexity index is 943. The minimum absolute atomic E-state index is 0.0582. The lowest BCUT2D eigenvalue weighted by atomic mass is 10.1. The number of carbonyl (C=O) groups is 1. The largest absolute Gasteiger partial charge is 0.353 e. The van der Waals surface area contributed by atoms with Gasteiger partial charge in [-0.3, -0.25) is 9.48 Å². The number of hydrogen-bond donors (Lipinski definition) is 1. The molecule has 0 aromatic carbocycles. The SMILES string of the molecule is Cc1nn(C)c(C)c1C(=O)N[C@H]1CCN(c2ccc3nncn3n2)C1. The highest BCUT2D eigenvalue weighted by atomic mass is 16.1.